The molecule has 164 valence electrons. The minimum atomic E-state index is -0.595. The van der Waals surface area contributed by atoms with Crippen LogP contribution >= 0.6 is 0 Å². The summed E-state index contributed by atoms with van der Waals surface area (Å²) in [6.45, 7) is 13.8. The Balaban J connectivity index is 1.71. The summed E-state index contributed by atoms with van der Waals surface area (Å²) >= 11 is 0. The fraction of sp³-hybridized carbons (Fsp3) is 0.778. The number of hydrogen-bond acceptors (Lipinski definition) is 2. The predicted octanol–water partition coefficient (Wildman–Crippen LogP) is 6.59. The molecule has 3 saturated carbocycles. The molecular formula is C27H44O2. The van der Waals surface area contributed by atoms with Gasteiger partial charge in [-0.2, -0.15) is 0 Å². The van der Waals surface area contributed by atoms with Crippen LogP contribution in [-0.2, 0) is 0 Å². The Morgan fingerprint density at radius 3 is 2.62 bits per heavy atom. The zero-order valence-electron chi connectivity index (χ0n) is 19.3. The van der Waals surface area contributed by atoms with Crippen LogP contribution in [-0.4, -0.2) is 22.4 Å². The largest absolute Gasteiger partial charge is 0.393 e. The third kappa shape index (κ3) is 5.07. The number of hydrogen-bond donors (Lipinski definition) is 2. The van der Waals surface area contributed by atoms with E-state index in [1.807, 2.05) is 0 Å². The minimum absolute atomic E-state index is 0.420. The molecule has 0 aromatic carbocycles. The van der Waals surface area contributed by atoms with Crippen LogP contribution in [0.25, 0.3) is 0 Å². The van der Waals surface area contributed by atoms with Gasteiger partial charge in [0.1, 0.15) is 0 Å². The van der Waals surface area contributed by atoms with E-state index in [1.165, 1.54) is 51.4 Å². The smallest absolute Gasteiger partial charge is 0.0811 e. The maximum Gasteiger partial charge on any atom is 0.0811 e. The molecule has 2 heteroatoms. The lowest BCUT2D eigenvalue weighted by molar-refractivity contribution is 0.0861. The van der Waals surface area contributed by atoms with Crippen LogP contribution in [0.5, 0.6) is 0 Å². The third-order valence-electron chi connectivity index (χ3n) is 8.43. The zero-order valence-corrected chi connectivity index (χ0v) is 19.3. The third-order valence-corrected chi connectivity index (χ3v) is 8.43. The molecule has 0 bridgehead atoms. The normalized spacial score (nSPS) is 39.3. The Morgan fingerprint density at radius 2 is 1.90 bits per heavy atom. The summed E-state index contributed by atoms with van der Waals surface area (Å²) < 4.78 is 0. The second-order valence-corrected chi connectivity index (χ2v) is 11.0. The minimum Gasteiger partial charge on any atom is -0.393 e. The summed E-state index contributed by atoms with van der Waals surface area (Å²) in [5.74, 6) is 3.20. The number of allylic oxidation sites excluding steroid dienone is 3. The van der Waals surface area contributed by atoms with Crippen LogP contribution in [0.4, 0.5) is 0 Å². The summed E-state index contributed by atoms with van der Waals surface area (Å²) in [5.41, 5.74) is 3.88. The molecule has 0 aromatic heterocycles. The zero-order chi connectivity index (χ0) is 21.2. The highest BCUT2D eigenvalue weighted by Crippen LogP contribution is 2.59. The molecule has 0 radical (unpaired) electrons. The van der Waals surface area contributed by atoms with Crippen molar-refractivity contribution in [3.63, 3.8) is 0 Å². The number of rotatable bonds is 6. The van der Waals surface area contributed by atoms with Crippen LogP contribution < -0.4 is 0 Å². The van der Waals surface area contributed by atoms with Crippen molar-refractivity contribution in [2.45, 2.75) is 104 Å². The van der Waals surface area contributed by atoms with Crippen LogP contribution in [0.3, 0.4) is 0 Å². The first-order valence-corrected chi connectivity index (χ1v) is 12.2. The van der Waals surface area contributed by atoms with Crippen molar-refractivity contribution in [3.8, 4) is 0 Å². The van der Waals surface area contributed by atoms with Gasteiger partial charge in [-0.25, -0.2) is 0 Å². The Kier molecular flexibility index (Phi) is 7.49. The summed E-state index contributed by atoms with van der Waals surface area (Å²) in [6.07, 6.45) is 15.2. The first kappa shape index (κ1) is 22.8. The van der Waals surface area contributed by atoms with E-state index in [0.717, 1.165) is 28.9 Å². The summed E-state index contributed by atoms with van der Waals surface area (Å²) in [6, 6.07) is 0. The summed E-state index contributed by atoms with van der Waals surface area (Å²) in [4.78, 5) is 0. The molecule has 0 aromatic rings. The van der Waals surface area contributed by atoms with Crippen molar-refractivity contribution in [2.24, 2.45) is 29.1 Å². The average Bonchev–Trinajstić information content (AvgIpc) is 3.00. The summed E-state index contributed by atoms with van der Waals surface area (Å²) in [5, 5.41) is 20.2. The van der Waals surface area contributed by atoms with Gasteiger partial charge in [-0.1, -0.05) is 71.3 Å². The van der Waals surface area contributed by atoms with Gasteiger partial charge in [-0.3, -0.25) is 0 Å². The van der Waals surface area contributed by atoms with E-state index in [1.54, 1.807) is 5.57 Å². The van der Waals surface area contributed by atoms with Crippen LogP contribution in [0.2, 0.25) is 0 Å². The first-order valence-electron chi connectivity index (χ1n) is 12.2. The van der Waals surface area contributed by atoms with Crippen molar-refractivity contribution >= 4 is 0 Å². The van der Waals surface area contributed by atoms with E-state index in [-0.39, 0.29) is 0 Å². The molecule has 3 aliphatic rings. The SMILES string of the molecule is C=C1/C(=C\C=C2\CCC[C@@]3(C)[C@H]2CC[C@H]3[C@H](C)CCCC(C)C)C[C@@H](O)C[C@@H]1O. The molecule has 0 saturated heterocycles. The Morgan fingerprint density at radius 1 is 1.14 bits per heavy atom. The van der Waals surface area contributed by atoms with E-state index in [2.05, 4.69) is 46.4 Å². The molecule has 0 unspecified atom stereocenters. The number of aliphatic hydroxyl groups excluding tert-OH is 2. The van der Waals surface area contributed by atoms with Gasteiger partial charge < -0.3 is 10.2 Å². The lowest BCUT2D eigenvalue weighted by atomic mass is 9.60. The second kappa shape index (κ2) is 9.52. The van der Waals surface area contributed by atoms with E-state index < -0.39 is 12.2 Å². The molecule has 29 heavy (non-hydrogen) atoms. The van der Waals surface area contributed by atoms with Crippen molar-refractivity contribution in [3.05, 3.63) is 35.5 Å². The molecule has 3 aliphatic carbocycles. The average molecular weight is 401 g/mol. The highest BCUT2D eigenvalue weighted by Gasteiger charge is 2.50. The topological polar surface area (TPSA) is 40.5 Å². The molecule has 0 spiro atoms. The number of fused-ring (bicyclic) bond motifs is 1. The van der Waals surface area contributed by atoms with Crippen LogP contribution in [0.15, 0.2) is 35.5 Å². The Bertz CT molecular complexity index is 643. The van der Waals surface area contributed by atoms with Crippen LogP contribution in [0.1, 0.15) is 91.9 Å². The Labute approximate surface area is 179 Å². The lowest BCUT2D eigenvalue weighted by Crippen LogP contribution is -2.36. The fourth-order valence-corrected chi connectivity index (χ4v) is 6.73. The van der Waals surface area contributed by atoms with Gasteiger partial charge in [0.15, 0.2) is 0 Å². The van der Waals surface area contributed by atoms with E-state index in [9.17, 15) is 10.2 Å². The van der Waals surface area contributed by atoms with Gasteiger partial charge in [0.2, 0.25) is 0 Å². The van der Waals surface area contributed by atoms with Crippen molar-refractivity contribution < 1.29 is 10.2 Å². The highest BCUT2D eigenvalue weighted by atomic mass is 16.3. The van der Waals surface area contributed by atoms with E-state index in [4.69, 9.17) is 0 Å². The van der Waals surface area contributed by atoms with Crippen LogP contribution in [0, 0.1) is 29.1 Å². The van der Waals surface area contributed by atoms with Gasteiger partial charge in [0, 0.05) is 6.42 Å². The molecule has 2 N–H and O–H groups in total. The van der Waals surface area contributed by atoms with Gasteiger partial charge >= 0.3 is 0 Å². The molecule has 3 fully saturated rings. The predicted molar refractivity (Wildman–Crippen MR) is 123 cm³/mol. The van der Waals surface area contributed by atoms with E-state index >= 15 is 0 Å². The molecular weight excluding hydrogens is 356 g/mol. The Hall–Kier alpha value is -0.860. The van der Waals surface area contributed by atoms with Crippen molar-refractivity contribution in [1.82, 2.24) is 0 Å². The maximum atomic E-state index is 10.1. The molecule has 3 rings (SSSR count). The fourth-order valence-electron chi connectivity index (χ4n) is 6.73. The number of aliphatic hydroxyl groups is 2. The van der Waals surface area contributed by atoms with Crippen molar-refractivity contribution in [1.29, 1.82) is 0 Å². The maximum absolute atomic E-state index is 10.1. The van der Waals surface area contributed by atoms with Crippen molar-refractivity contribution in [2.75, 3.05) is 0 Å². The molecule has 0 heterocycles. The molecule has 6 atom stereocenters. The first-order chi connectivity index (χ1) is 13.7. The lowest BCUT2D eigenvalue weighted by Gasteiger charge is -2.44. The van der Waals surface area contributed by atoms with Gasteiger partial charge in [-0.05, 0) is 78.8 Å². The second-order valence-electron chi connectivity index (χ2n) is 11.0. The standard InChI is InChI=1S/C27H44O2/c1-18(2)8-6-9-19(3)24-13-14-25-21(10-7-15-27(24,25)5)11-12-22-16-23(28)17-26(29)20(22)4/h11-12,18-19,23-26,28-29H,4,6-10,13-17H2,1-3,5H3/b21-11-,22-12-/t19-,23-,24+,25+,26+,27-/m1/s1. The van der Waals surface area contributed by atoms with Gasteiger partial charge in [-0.15, -0.1) is 0 Å². The van der Waals surface area contributed by atoms with Gasteiger partial charge in [0.05, 0.1) is 12.2 Å². The van der Waals surface area contributed by atoms with Gasteiger partial charge in [0.25, 0.3) is 0 Å². The molecule has 0 aliphatic heterocycles. The van der Waals surface area contributed by atoms with E-state index in [0.29, 0.717) is 24.2 Å². The molecule has 2 nitrogen and oxygen atoms in total. The monoisotopic (exact) mass is 400 g/mol. The highest BCUT2D eigenvalue weighted by molar-refractivity contribution is 5.38. The quantitative estimate of drug-likeness (QED) is 0.528. The summed E-state index contributed by atoms with van der Waals surface area (Å²) in [7, 11) is 0. The molecule has 0 amide bonds.